The average Bonchev–Trinajstić information content (AvgIpc) is 3.65. The van der Waals surface area contributed by atoms with E-state index in [-0.39, 0.29) is 43.0 Å². The van der Waals surface area contributed by atoms with Crippen LogP contribution < -0.4 is 10.2 Å². The standard InChI is InChI=1S/C28H33F3N4O3/c29-28(30,31)22-12-15-33(16-13-22)25-9-7-24(8-10-25)32-23-5-1-19(2-6-23)17-35(38)27(37)21-11-14-34(18-21)26(36)20-3-4-20/h1-2,5-10,20-22,32,38H,3-4,11-18H2. The molecule has 0 bridgehead atoms. The molecule has 2 amide bonds. The van der Waals surface area contributed by atoms with Crippen molar-refractivity contribution in [2.45, 2.75) is 44.8 Å². The number of nitrogens with zero attached hydrogens (tertiary/aromatic N) is 3. The molecule has 2 aromatic rings. The molecule has 2 aliphatic heterocycles. The van der Waals surface area contributed by atoms with Gasteiger partial charge in [0.05, 0.1) is 18.4 Å². The molecule has 0 aromatic heterocycles. The Labute approximate surface area is 220 Å². The Morgan fingerprint density at radius 3 is 2.05 bits per heavy atom. The lowest BCUT2D eigenvalue weighted by atomic mass is 9.96. The summed E-state index contributed by atoms with van der Waals surface area (Å²) in [5.41, 5.74) is 3.35. The van der Waals surface area contributed by atoms with E-state index in [4.69, 9.17) is 0 Å². The SMILES string of the molecule is O=C(C1CCN(C(=O)C2CC2)C1)N(O)Cc1ccc(Nc2ccc(N3CCC(C(F)(F)F)CC3)cc2)cc1. The largest absolute Gasteiger partial charge is 0.391 e. The fraction of sp³-hybridized carbons (Fsp3) is 0.500. The zero-order valence-electron chi connectivity index (χ0n) is 21.2. The number of carbonyl (C=O) groups is 2. The Balaban J connectivity index is 1.09. The number of carbonyl (C=O) groups excluding carboxylic acids is 2. The van der Waals surface area contributed by atoms with Gasteiger partial charge in [0.25, 0.3) is 5.91 Å². The van der Waals surface area contributed by atoms with Crippen molar-refractivity contribution >= 4 is 28.9 Å². The van der Waals surface area contributed by atoms with Crippen molar-refractivity contribution in [2.24, 2.45) is 17.8 Å². The van der Waals surface area contributed by atoms with E-state index < -0.39 is 12.1 Å². The highest BCUT2D eigenvalue weighted by Gasteiger charge is 2.41. The topological polar surface area (TPSA) is 76.1 Å². The van der Waals surface area contributed by atoms with Gasteiger partial charge in [-0.3, -0.25) is 14.8 Å². The van der Waals surface area contributed by atoms with Crippen molar-refractivity contribution < 1.29 is 28.0 Å². The van der Waals surface area contributed by atoms with Crippen molar-refractivity contribution in [2.75, 3.05) is 36.4 Å². The first-order valence-electron chi connectivity index (χ1n) is 13.2. The van der Waals surface area contributed by atoms with Gasteiger partial charge in [-0.1, -0.05) is 12.1 Å². The monoisotopic (exact) mass is 530 g/mol. The van der Waals surface area contributed by atoms with Crippen LogP contribution >= 0.6 is 0 Å². The fourth-order valence-corrected chi connectivity index (χ4v) is 5.29. The lowest BCUT2D eigenvalue weighted by Gasteiger charge is -2.34. The van der Waals surface area contributed by atoms with Gasteiger partial charge in [0.2, 0.25) is 5.91 Å². The summed E-state index contributed by atoms with van der Waals surface area (Å²) in [4.78, 5) is 28.6. The molecular weight excluding hydrogens is 497 g/mol. The molecule has 204 valence electrons. The highest BCUT2D eigenvalue weighted by Crippen LogP contribution is 2.36. The maximum Gasteiger partial charge on any atom is 0.391 e. The van der Waals surface area contributed by atoms with Crippen LogP contribution in [0.25, 0.3) is 0 Å². The molecule has 1 unspecified atom stereocenters. The van der Waals surface area contributed by atoms with Gasteiger partial charge in [-0.25, -0.2) is 5.06 Å². The molecule has 1 atom stereocenters. The first-order valence-corrected chi connectivity index (χ1v) is 13.2. The smallest absolute Gasteiger partial charge is 0.372 e. The van der Waals surface area contributed by atoms with Crippen LogP contribution in [0.4, 0.5) is 30.2 Å². The number of likely N-dealkylation sites (tertiary alicyclic amines) is 1. The number of alkyl halides is 3. The predicted octanol–water partition coefficient (Wildman–Crippen LogP) is 5.19. The Morgan fingerprint density at radius 1 is 0.868 bits per heavy atom. The van der Waals surface area contributed by atoms with Crippen LogP contribution in [0.3, 0.4) is 0 Å². The predicted molar refractivity (Wildman–Crippen MR) is 137 cm³/mol. The van der Waals surface area contributed by atoms with Gasteiger partial charge in [-0.2, -0.15) is 13.2 Å². The van der Waals surface area contributed by atoms with Gasteiger partial charge in [0.1, 0.15) is 0 Å². The average molecular weight is 531 g/mol. The summed E-state index contributed by atoms with van der Waals surface area (Å²) in [5, 5.41) is 14.4. The molecule has 0 spiro atoms. The summed E-state index contributed by atoms with van der Waals surface area (Å²) in [5.74, 6) is -1.69. The van der Waals surface area contributed by atoms with E-state index >= 15 is 0 Å². The molecule has 2 aromatic carbocycles. The van der Waals surface area contributed by atoms with Gasteiger partial charge in [-0.15, -0.1) is 0 Å². The molecule has 10 heteroatoms. The zero-order chi connectivity index (χ0) is 26.9. The van der Waals surface area contributed by atoms with Crippen molar-refractivity contribution in [3.8, 4) is 0 Å². The Kier molecular flexibility index (Phi) is 7.52. The first kappa shape index (κ1) is 26.3. The van der Waals surface area contributed by atoms with Crippen LogP contribution in [0.15, 0.2) is 48.5 Å². The second-order valence-corrected chi connectivity index (χ2v) is 10.6. The number of hydrogen-bond donors (Lipinski definition) is 2. The molecule has 1 aliphatic carbocycles. The Hall–Kier alpha value is -3.27. The molecular formula is C28H33F3N4O3. The lowest BCUT2D eigenvalue weighted by molar-refractivity contribution is -0.179. The molecule has 2 N–H and O–H groups in total. The maximum atomic E-state index is 12.9. The molecule has 3 fully saturated rings. The van der Waals surface area contributed by atoms with Crippen molar-refractivity contribution in [3.05, 3.63) is 54.1 Å². The Bertz CT molecular complexity index is 1130. The third kappa shape index (κ3) is 6.23. The number of piperidine rings is 1. The molecule has 1 saturated carbocycles. The van der Waals surface area contributed by atoms with Crippen LogP contribution in [0.5, 0.6) is 0 Å². The number of hydrogen-bond acceptors (Lipinski definition) is 5. The number of rotatable bonds is 7. The van der Waals surface area contributed by atoms with E-state index in [0.717, 1.165) is 40.5 Å². The summed E-state index contributed by atoms with van der Waals surface area (Å²) in [6.45, 7) is 1.78. The normalized spacial score (nSPS) is 20.5. The molecule has 2 heterocycles. The van der Waals surface area contributed by atoms with Crippen LogP contribution in [-0.4, -0.2) is 59.3 Å². The molecule has 38 heavy (non-hydrogen) atoms. The second kappa shape index (κ2) is 10.8. The molecule has 7 nitrogen and oxygen atoms in total. The number of hydroxylamine groups is 2. The minimum atomic E-state index is -4.12. The van der Waals surface area contributed by atoms with E-state index in [1.165, 1.54) is 0 Å². The lowest BCUT2D eigenvalue weighted by Crippen LogP contribution is -2.38. The van der Waals surface area contributed by atoms with Gasteiger partial charge >= 0.3 is 6.18 Å². The van der Waals surface area contributed by atoms with Crippen LogP contribution in [0, 0.1) is 17.8 Å². The zero-order valence-corrected chi connectivity index (χ0v) is 21.2. The summed E-state index contributed by atoms with van der Waals surface area (Å²) < 4.78 is 38.7. The third-order valence-corrected chi connectivity index (χ3v) is 7.80. The minimum absolute atomic E-state index is 0.0614. The maximum absolute atomic E-state index is 12.9. The Morgan fingerprint density at radius 2 is 1.47 bits per heavy atom. The van der Waals surface area contributed by atoms with Gasteiger partial charge in [-0.05, 0) is 74.1 Å². The van der Waals surface area contributed by atoms with Crippen LogP contribution in [0.1, 0.15) is 37.7 Å². The van der Waals surface area contributed by atoms with E-state index in [0.29, 0.717) is 32.6 Å². The molecule has 3 aliphatic rings. The van der Waals surface area contributed by atoms with E-state index in [2.05, 4.69) is 5.32 Å². The van der Waals surface area contributed by atoms with Crippen LogP contribution in [0.2, 0.25) is 0 Å². The summed E-state index contributed by atoms with van der Waals surface area (Å²) in [6.07, 6.45) is -1.44. The molecule has 2 saturated heterocycles. The van der Waals surface area contributed by atoms with Crippen molar-refractivity contribution in [1.29, 1.82) is 0 Å². The van der Waals surface area contributed by atoms with Crippen molar-refractivity contribution in [3.63, 3.8) is 0 Å². The van der Waals surface area contributed by atoms with Crippen LogP contribution in [-0.2, 0) is 16.1 Å². The second-order valence-electron chi connectivity index (χ2n) is 10.6. The number of amides is 2. The highest BCUT2D eigenvalue weighted by atomic mass is 19.4. The third-order valence-electron chi connectivity index (χ3n) is 7.80. The van der Waals surface area contributed by atoms with Crippen molar-refractivity contribution in [1.82, 2.24) is 9.96 Å². The fourth-order valence-electron chi connectivity index (χ4n) is 5.29. The van der Waals surface area contributed by atoms with E-state index in [1.54, 1.807) is 4.90 Å². The molecule has 0 radical (unpaired) electrons. The number of anilines is 3. The number of benzene rings is 2. The van der Waals surface area contributed by atoms with Gasteiger partial charge in [0.15, 0.2) is 0 Å². The molecule has 5 rings (SSSR count). The first-order chi connectivity index (χ1) is 18.2. The van der Waals surface area contributed by atoms with E-state index in [1.807, 2.05) is 53.4 Å². The highest BCUT2D eigenvalue weighted by molar-refractivity contribution is 5.84. The summed E-state index contributed by atoms with van der Waals surface area (Å²) in [6, 6.07) is 15.0. The number of halogens is 3. The van der Waals surface area contributed by atoms with Gasteiger partial charge in [0, 0.05) is 49.2 Å². The summed E-state index contributed by atoms with van der Waals surface area (Å²) in [7, 11) is 0. The number of nitrogens with one attached hydrogen (secondary N) is 1. The summed E-state index contributed by atoms with van der Waals surface area (Å²) >= 11 is 0. The quantitative estimate of drug-likeness (QED) is 0.381. The van der Waals surface area contributed by atoms with E-state index in [9.17, 15) is 28.0 Å². The minimum Gasteiger partial charge on any atom is -0.372 e. The van der Waals surface area contributed by atoms with Gasteiger partial charge < -0.3 is 15.1 Å².